The van der Waals surface area contributed by atoms with Gasteiger partial charge in [0, 0.05) is 24.7 Å². The SMILES string of the molecule is CC(C)(C)OC(=O)N1CCC(NC(=O)Cc2cc(O)ccc2OCc2ccccc2)C1. The van der Waals surface area contributed by atoms with Crippen molar-refractivity contribution in [1.29, 1.82) is 0 Å². The lowest BCUT2D eigenvalue weighted by Crippen LogP contribution is -2.40. The Kier molecular flexibility index (Phi) is 7.05. The van der Waals surface area contributed by atoms with E-state index in [4.69, 9.17) is 9.47 Å². The molecule has 0 saturated carbocycles. The van der Waals surface area contributed by atoms with Crippen molar-refractivity contribution in [2.45, 2.75) is 51.9 Å². The average Bonchev–Trinajstić information content (AvgIpc) is 3.15. The average molecular weight is 427 g/mol. The molecule has 166 valence electrons. The second kappa shape index (κ2) is 9.73. The van der Waals surface area contributed by atoms with Gasteiger partial charge in [0.05, 0.1) is 6.42 Å². The molecule has 1 fully saturated rings. The summed E-state index contributed by atoms with van der Waals surface area (Å²) in [6.45, 7) is 6.80. The summed E-state index contributed by atoms with van der Waals surface area (Å²) in [5.74, 6) is 0.441. The Morgan fingerprint density at radius 2 is 1.90 bits per heavy atom. The lowest BCUT2D eigenvalue weighted by molar-refractivity contribution is -0.121. The number of carbonyl (C=O) groups excluding carboxylic acids is 2. The van der Waals surface area contributed by atoms with Gasteiger partial charge in [0.15, 0.2) is 0 Å². The standard InChI is InChI=1S/C24H30N2O5/c1-24(2,3)31-23(29)26-12-11-19(15-26)25-22(28)14-18-13-20(27)9-10-21(18)30-16-17-7-5-4-6-8-17/h4-10,13,19,27H,11-12,14-16H2,1-3H3,(H,25,28). The first-order valence-corrected chi connectivity index (χ1v) is 10.5. The first-order chi connectivity index (χ1) is 14.7. The highest BCUT2D eigenvalue weighted by molar-refractivity contribution is 5.80. The predicted molar refractivity (Wildman–Crippen MR) is 117 cm³/mol. The molecule has 2 N–H and O–H groups in total. The molecular formula is C24H30N2O5. The summed E-state index contributed by atoms with van der Waals surface area (Å²) in [5, 5.41) is 12.8. The highest BCUT2D eigenvalue weighted by Crippen LogP contribution is 2.25. The van der Waals surface area contributed by atoms with E-state index in [2.05, 4.69) is 5.32 Å². The molecule has 1 unspecified atom stereocenters. The van der Waals surface area contributed by atoms with Crippen LogP contribution in [-0.4, -0.2) is 46.7 Å². The van der Waals surface area contributed by atoms with Gasteiger partial charge in [0.25, 0.3) is 0 Å². The van der Waals surface area contributed by atoms with Crippen molar-refractivity contribution in [1.82, 2.24) is 10.2 Å². The van der Waals surface area contributed by atoms with E-state index < -0.39 is 5.60 Å². The van der Waals surface area contributed by atoms with Crippen LogP contribution in [0.5, 0.6) is 11.5 Å². The van der Waals surface area contributed by atoms with E-state index in [1.165, 1.54) is 6.07 Å². The Morgan fingerprint density at radius 3 is 2.61 bits per heavy atom. The van der Waals surface area contributed by atoms with Crippen LogP contribution in [0.25, 0.3) is 0 Å². The molecule has 2 aromatic rings. The maximum Gasteiger partial charge on any atom is 0.410 e. The second-order valence-electron chi connectivity index (χ2n) is 8.72. The van der Waals surface area contributed by atoms with Gasteiger partial charge in [0.1, 0.15) is 23.7 Å². The van der Waals surface area contributed by atoms with Crippen LogP contribution in [0.15, 0.2) is 48.5 Å². The maximum absolute atomic E-state index is 12.6. The number of rotatable bonds is 6. The number of phenolic OH excluding ortho intramolecular Hbond substituents is 1. The van der Waals surface area contributed by atoms with Crippen molar-refractivity contribution in [2.75, 3.05) is 13.1 Å². The third kappa shape index (κ3) is 6.91. The van der Waals surface area contributed by atoms with Crippen LogP contribution in [-0.2, 0) is 22.6 Å². The number of nitrogens with one attached hydrogen (secondary N) is 1. The largest absolute Gasteiger partial charge is 0.508 e. The number of ether oxygens (including phenoxy) is 2. The summed E-state index contributed by atoms with van der Waals surface area (Å²) in [5.41, 5.74) is 1.07. The van der Waals surface area contributed by atoms with Crippen LogP contribution in [0.3, 0.4) is 0 Å². The van der Waals surface area contributed by atoms with Gasteiger partial charge in [-0.2, -0.15) is 0 Å². The smallest absolute Gasteiger partial charge is 0.410 e. The summed E-state index contributed by atoms with van der Waals surface area (Å²) in [4.78, 5) is 26.4. The van der Waals surface area contributed by atoms with Crippen LogP contribution in [0.1, 0.15) is 38.3 Å². The molecule has 1 aliphatic heterocycles. The molecule has 0 spiro atoms. The Labute approximate surface area is 183 Å². The Morgan fingerprint density at radius 1 is 1.16 bits per heavy atom. The summed E-state index contributed by atoms with van der Waals surface area (Å²) in [6.07, 6.45) is 0.373. The van der Waals surface area contributed by atoms with Crippen molar-refractivity contribution < 1.29 is 24.2 Å². The highest BCUT2D eigenvalue weighted by atomic mass is 16.6. The number of hydrogen-bond acceptors (Lipinski definition) is 5. The topological polar surface area (TPSA) is 88.1 Å². The minimum Gasteiger partial charge on any atom is -0.508 e. The van der Waals surface area contributed by atoms with Gasteiger partial charge in [-0.05, 0) is 51.0 Å². The molecule has 3 rings (SSSR count). The van der Waals surface area contributed by atoms with E-state index in [0.29, 0.717) is 37.4 Å². The molecule has 0 aromatic heterocycles. The molecule has 0 bridgehead atoms. The van der Waals surface area contributed by atoms with Crippen LogP contribution < -0.4 is 10.1 Å². The quantitative estimate of drug-likeness (QED) is 0.736. The minimum absolute atomic E-state index is 0.0709. The van der Waals surface area contributed by atoms with Crippen LogP contribution in [0, 0.1) is 0 Å². The Hall–Kier alpha value is -3.22. The monoisotopic (exact) mass is 426 g/mol. The first-order valence-electron chi connectivity index (χ1n) is 10.5. The first kappa shape index (κ1) is 22.5. The van der Waals surface area contributed by atoms with Gasteiger partial charge in [-0.1, -0.05) is 30.3 Å². The van der Waals surface area contributed by atoms with Crippen molar-refractivity contribution >= 4 is 12.0 Å². The molecule has 31 heavy (non-hydrogen) atoms. The number of benzene rings is 2. The second-order valence-corrected chi connectivity index (χ2v) is 8.72. The molecule has 7 heteroatoms. The molecule has 0 aliphatic carbocycles. The zero-order chi connectivity index (χ0) is 22.4. The molecule has 0 radical (unpaired) electrons. The van der Waals surface area contributed by atoms with Crippen molar-refractivity contribution in [3.8, 4) is 11.5 Å². The van der Waals surface area contributed by atoms with E-state index >= 15 is 0 Å². The highest BCUT2D eigenvalue weighted by Gasteiger charge is 2.30. The molecule has 1 atom stereocenters. The van der Waals surface area contributed by atoms with Crippen LogP contribution in [0.2, 0.25) is 0 Å². The summed E-state index contributed by atoms with van der Waals surface area (Å²) < 4.78 is 11.3. The van der Waals surface area contributed by atoms with Gasteiger partial charge in [-0.3, -0.25) is 4.79 Å². The molecule has 2 amide bonds. The number of hydrogen-bond donors (Lipinski definition) is 2. The van der Waals surface area contributed by atoms with Crippen molar-refractivity contribution in [3.63, 3.8) is 0 Å². The van der Waals surface area contributed by atoms with Gasteiger partial charge in [-0.15, -0.1) is 0 Å². The fourth-order valence-electron chi connectivity index (χ4n) is 3.40. The van der Waals surface area contributed by atoms with E-state index in [1.807, 2.05) is 51.1 Å². The third-order valence-electron chi connectivity index (χ3n) is 4.84. The van der Waals surface area contributed by atoms with Gasteiger partial charge in [-0.25, -0.2) is 4.79 Å². The summed E-state index contributed by atoms with van der Waals surface area (Å²) in [6, 6.07) is 14.3. The van der Waals surface area contributed by atoms with E-state index in [1.54, 1.807) is 17.0 Å². The summed E-state index contributed by atoms with van der Waals surface area (Å²) >= 11 is 0. The fourth-order valence-corrected chi connectivity index (χ4v) is 3.40. The molecule has 1 aliphatic rings. The number of aromatic hydroxyl groups is 1. The zero-order valence-corrected chi connectivity index (χ0v) is 18.3. The molecule has 1 heterocycles. The zero-order valence-electron chi connectivity index (χ0n) is 18.3. The summed E-state index contributed by atoms with van der Waals surface area (Å²) in [7, 11) is 0. The number of phenols is 1. The maximum atomic E-state index is 12.6. The van der Waals surface area contributed by atoms with Gasteiger partial charge in [0.2, 0.25) is 5.91 Å². The van der Waals surface area contributed by atoms with E-state index in [0.717, 1.165) is 5.56 Å². The van der Waals surface area contributed by atoms with Crippen LogP contribution >= 0.6 is 0 Å². The lowest BCUT2D eigenvalue weighted by atomic mass is 10.1. The Balaban J connectivity index is 1.55. The third-order valence-corrected chi connectivity index (χ3v) is 4.84. The molecule has 1 saturated heterocycles. The molecule has 7 nitrogen and oxygen atoms in total. The van der Waals surface area contributed by atoms with Gasteiger partial charge < -0.3 is 24.8 Å². The predicted octanol–water partition coefficient (Wildman–Crippen LogP) is 3.64. The normalized spacial score (nSPS) is 16.1. The number of nitrogens with zero attached hydrogens (tertiary/aromatic N) is 1. The van der Waals surface area contributed by atoms with Crippen molar-refractivity contribution in [3.05, 3.63) is 59.7 Å². The Bertz CT molecular complexity index is 908. The minimum atomic E-state index is -0.552. The lowest BCUT2D eigenvalue weighted by Gasteiger charge is -2.24. The van der Waals surface area contributed by atoms with Crippen LogP contribution in [0.4, 0.5) is 4.79 Å². The van der Waals surface area contributed by atoms with E-state index in [9.17, 15) is 14.7 Å². The van der Waals surface area contributed by atoms with Gasteiger partial charge >= 0.3 is 6.09 Å². The molecular weight excluding hydrogens is 396 g/mol. The number of carbonyl (C=O) groups is 2. The van der Waals surface area contributed by atoms with Crippen molar-refractivity contribution in [2.24, 2.45) is 0 Å². The van der Waals surface area contributed by atoms with E-state index in [-0.39, 0.29) is 30.2 Å². The fraction of sp³-hybridized carbons (Fsp3) is 0.417. The number of amides is 2. The molecule has 2 aromatic carbocycles. The number of likely N-dealkylation sites (tertiary alicyclic amines) is 1.